The number of carboxylic acid groups (broad SMARTS) is 1. The van der Waals surface area contributed by atoms with E-state index < -0.39 is 12.0 Å². The van der Waals surface area contributed by atoms with Gasteiger partial charge in [0.15, 0.2) is 11.5 Å². The maximum Gasteiger partial charge on any atom is 0.320 e. The molecule has 2 aromatic carbocycles. The number of ether oxygens (including phenoxy) is 2. The molecular weight excluding hydrogens is 386 g/mol. The van der Waals surface area contributed by atoms with Crippen molar-refractivity contribution in [2.24, 2.45) is 0 Å². The number of rotatable bonds is 11. The molecule has 0 aliphatic heterocycles. The summed E-state index contributed by atoms with van der Waals surface area (Å²) in [7, 11) is 1.58. The second-order valence-electron chi connectivity index (χ2n) is 5.92. The molecule has 5 nitrogen and oxygen atoms in total. The third-order valence-corrected chi connectivity index (χ3v) is 4.92. The zero-order chi connectivity index (χ0) is 19.6. The van der Waals surface area contributed by atoms with Crippen molar-refractivity contribution in [3.05, 3.63) is 58.6 Å². The average Bonchev–Trinajstić information content (AvgIpc) is 2.67. The van der Waals surface area contributed by atoms with Crippen LogP contribution < -0.4 is 14.8 Å². The second-order valence-corrected chi connectivity index (χ2v) is 7.34. The fourth-order valence-electron chi connectivity index (χ4n) is 2.54. The fraction of sp³-hybridized carbons (Fsp3) is 0.350. The lowest BCUT2D eigenvalue weighted by atomic mass is 10.1. The quantitative estimate of drug-likeness (QED) is 0.579. The molecule has 2 rings (SSSR count). The molecule has 0 saturated carbocycles. The van der Waals surface area contributed by atoms with E-state index in [9.17, 15) is 9.90 Å². The summed E-state index contributed by atoms with van der Waals surface area (Å²) in [5.41, 5.74) is 1.83. The average molecular weight is 410 g/mol. The maximum atomic E-state index is 11.4. The number of para-hydroxylation sites is 1. The van der Waals surface area contributed by atoms with Gasteiger partial charge in [-0.05, 0) is 42.2 Å². The summed E-state index contributed by atoms with van der Waals surface area (Å²) in [5, 5.41) is 13.2. The summed E-state index contributed by atoms with van der Waals surface area (Å²) in [6, 6.07) is 12.4. The Balaban J connectivity index is 2.11. The molecule has 2 aromatic rings. The molecule has 0 aliphatic rings. The van der Waals surface area contributed by atoms with Crippen molar-refractivity contribution < 1.29 is 19.4 Å². The molecule has 2 N–H and O–H groups in total. The Morgan fingerprint density at radius 2 is 2.00 bits per heavy atom. The van der Waals surface area contributed by atoms with Crippen LogP contribution in [0.25, 0.3) is 0 Å². The van der Waals surface area contributed by atoms with Crippen LogP contribution in [-0.4, -0.2) is 36.2 Å². The first-order chi connectivity index (χ1) is 13.0. The van der Waals surface area contributed by atoms with Crippen LogP contribution >= 0.6 is 23.4 Å². The zero-order valence-corrected chi connectivity index (χ0v) is 17.0. The normalized spacial score (nSPS) is 11.8. The van der Waals surface area contributed by atoms with Gasteiger partial charge in [0, 0.05) is 17.1 Å². The summed E-state index contributed by atoms with van der Waals surface area (Å²) in [6.07, 6.45) is 2.52. The summed E-state index contributed by atoms with van der Waals surface area (Å²) in [6.45, 7) is 0.734. The van der Waals surface area contributed by atoms with Crippen molar-refractivity contribution in [3.63, 3.8) is 0 Å². The van der Waals surface area contributed by atoms with E-state index in [0.29, 0.717) is 36.1 Å². The molecule has 7 heteroatoms. The van der Waals surface area contributed by atoms with Gasteiger partial charge in [0.25, 0.3) is 0 Å². The number of thioether (sulfide) groups is 1. The van der Waals surface area contributed by atoms with Crippen LogP contribution in [0.5, 0.6) is 11.5 Å². The first-order valence-corrected chi connectivity index (χ1v) is 10.3. The van der Waals surface area contributed by atoms with Gasteiger partial charge in [-0.1, -0.05) is 35.9 Å². The maximum absolute atomic E-state index is 11.4. The number of carboxylic acids is 1. The van der Waals surface area contributed by atoms with Crippen LogP contribution in [0.4, 0.5) is 0 Å². The fourth-order valence-corrected chi connectivity index (χ4v) is 3.14. The molecule has 1 unspecified atom stereocenters. The van der Waals surface area contributed by atoms with Gasteiger partial charge in [-0.3, -0.25) is 4.79 Å². The van der Waals surface area contributed by atoms with Crippen molar-refractivity contribution in [3.8, 4) is 11.5 Å². The Hall–Kier alpha value is -1.89. The van der Waals surface area contributed by atoms with E-state index in [0.717, 1.165) is 16.9 Å². The molecule has 1 atom stereocenters. The van der Waals surface area contributed by atoms with Gasteiger partial charge in [-0.2, -0.15) is 11.8 Å². The molecule has 0 radical (unpaired) electrons. The largest absolute Gasteiger partial charge is 0.493 e. The molecule has 0 aliphatic carbocycles. The molecule has 0 saturated heterocycles. The second kappa shape index (κ2) is 11.1. The summed E-state index contributed by atoms with van der Waals surface area (Å²) in [5.74, 6) is 1.15. The van der Waals surface area contributed by atoms with E-state index in [2.05, 4.69) is 5.32 Å². The molecule has 0 heterocycles. The van der Waals surface area contributed by atoms with Crippen molar-refractivity contribution in [1.29, 1.82) is 0 Å². The van der Waals surface area contributed by atoms with E-state index in [4.69, 9.17) is 21.1 Å². The highest BCUT2D eigenvalue weighted by atomic mass is 35.5. The van der Waals surface area contributed by atoms with Gasteiger partial charge in [-0.25, -0.2) is 0 Å². The van der Waals surface area contributed by atoms with Crippen LogP contribution in [0.15, 0.2) is 42.5 Å². The molecule has 27 heavy (non-hydrogen) atoms. The highest BCUT2D eigenvalue weighted by Gasteiger charge is 2.18. The van der Waals surface area contributed by atoms with Gasteiger partial charge < -0.3 is 19.9 Å². The zero-order valence-electron chi connectivity index (χ0n) is 15.4. The van der Waals surface area contributed by atoms with Crippen LogP contribution in [-0.2, 0) is 17.9 Å². The Morgan fingerprint density at radius 1 is 1.26 bits per heavy atom. The molecule has 146 valence electrons. The standard InChI is InChI=1S/C20H24ClNO4S/c1-25-18-5-3-4-15(12-22-17(20(23)24)10-11-27-2)19(18)26-13-14-6-8-16(21)9-7-14/h3-9,17,22H,10-13H2,1-2H3,(H,23,24). The van der Waals surface area contributed by atoms with E-state index in [-0.39, 0.29) is 0 Å². The predicted molar refractivity (Wildman–Crippen MR) is 110 cm³/mol. The molecule has 0 fully saturated rings. The smallest absolute Gasteiger partial charge is 0.320 e. The number of methoxy groups -OCH3 is 1. The molecule has 0 bridgehead atoms. The van der Waals surface area contributed by atoms with E-state index in [1.165, 1.54) is 0 Å². The first kappa shape index (κ1) is 21.4. The van der Waals surface area contributed by atoms with Crippen molar-refractivity contribution in [2.75, 3.05) is 19.1 Å². The van der Waals surface area contributed by atoms with Gasteiger partial charge in [0.05, 0.1) is 7.11 Å². The Morgan fingerprint density at radius 3 is 2.63 bits per heavy atom. The van der Waals surface area contributed by atoms with Crippen LogP contribution in [0.2, 0.25) is 5.02 Å². The minimum Gasteiger partial charge on any atom is -0.493 e. The first-order valence-electron chi connectivity index (χ1n) is 8.53. The van der Waals surface area contributed by atoms with Gasteiger partial charge in [0.1, 0.15) is 12.6 Å². The van der Waals surface area contributed by atoms with E-state index in [1.807, 2.05) is 48.7 Å². The highest BCUT2D eigenvalue weighted by molar-refractivity contribution is 7.98. The number of aliphatic carboxylic acids is 1. The van der Waals surface area contributed by atoms with Crippen molar-refractivity contribution in [1.82, 2.24) is 5.32 Å². The number of hydrogen-bond acceptors (Lipinski definition) is 5. The summed E-state index contributed by atoms with van der Waals surface area (Å²) in [4.78, 5) is 11.4. The SMILES string of the molecule is COc1cccc(CNC(CCSC)C(=O)O)c1OCc1ccc(Cl)cc1. The topological polar surface area (TPSA) is 67.8 Å². The third-order valence-electron chi connectivity index (χ3n) is 4.02. The van der Waals surface area contributed by atoms with Crippen LogP contribution in [0.3, 0.4) is 0 Å². The van der Waals surface area contributed by atoms with E-state index in [1.54, 1.807) is 18.9 Å². The Labute approximate surface area is 169 Å². The number of benzene rings is 2. The Kier molecular flexibility index (Phi) is 8.78. The lowest BCUT2D eigenvalue weighted by Crippen LogP contribution is -2.36. The van der Waals surface area contributed by atoms with Crippen LogP contribution in [0, 0.1) is 0 Å². The van der Waals surface area contributed by atoms with Gasteiger partial charge in [-0.15, -0.1) is 0 Å². The Bertz CT molecular complexity index is 739. The van der Waals surface area contributed by atoms with Crippen molar-refractivity contribution >= 4 is 29.3 Å². The summed E-state index contributed by atoms with van der Waals surface area (Å²) < 4.78 is 11.4. The number of carbonyl (C=O) groups is 1. The van der Waals surface area contributed by atoms with Gasteiger partial charge >= 0.3 is 5.97 Å². The minimum absolute atomic E-state index is 0.360. The number of halogens is 1. The predicted octanol–water partition coefficient (Wildman–Crippen LogP) is 4.22. The number of hydrogen-bond donors (Lipinski definition) is 2. The highest BCUT2D eigenvalue weighted by Crippen LogP contribution is 2.32. The third kappa shape index (κ3) is 6.65. The van der Waals surface area contributed by atoms with E-state index >= 15 is 0 Å². The molecular formula is C20H24ClNO4S. The van der Waals surface area contributed by atoms with Crippen LogP contribution in [0.1, 0.15) is 17.5 Å². The molecule has 0 amide bonds. The minimum atomic E-state index is -0.851. The molecule has 0 aromatic heterocycles. The monoisotopic (exact) mass is 409 g/mol. The lowest BCUT2D eigenvalue weighted by molar-refractivity contribution is -0.139. The summed E-state index contributed by atoms with van der Waals surface area (Å²) >= 11 is 7.54. The number of nitrogens with one attached hydrogen (secondary N) is 1. The molecule has 0 spiro atoms. The lowest BCUT2D eigenvalue weighted by Gasteiger charge is -2.18. The van der Waals surface area contributed by atoms with Crippen molar-refractivity contribution in [2.45, 2.75) is 25.6 Å². The van der Waals surface area contributed by atoms with Gasteiger partial charge in [0.2, 0.25) is 0 Å².